The van der Waals surface area contributed by atoms with Crippen molar-refractivity contribution in [1.82, 2.24) is 0 Å². The number of aryl methyl sites for hydroxylation is 2. The van der Waals surface area contributed by atoms with Crippen molar-refractivity contribution in [3.05, 3.63) is 63.8 Å². The van der Waals surface area contributed by atoms with Gasteiger partial charge in [0, 0.05) is 21.1 Å². The Hall–Kier alpha value is -2.07. The Balaban J connectivity index is 1.81. The molecule has 2 aromatic carbocycles. The van der Waals surface area contributed by atoms with E-state index < -0.39 is 0 Å². The minimum Gasteiger partial charge on any atom is -0.464 e. The number of halogens is 1. The lowest BCUT2D eigenvalue weighted by molar-refractivity contribution is -0.115. The third-order valence-corrected chi connectivity index (χ3v) is 4.10. The number of rotatable bonds is 3. The Morgan fingerprint density at radius 3 is 2.64 bits per heavy atom. The van der Waals surface area contributed by atoms with E-state index in [4.69, 9.17) is 4.42 Å². The van der Waals surface area contributed by atoms with Crippen molar-refractivity contribution >= 4 is 38.5 Å². The Morgan fingerprint density at radius 1 is 1.18 bits per heavy atom. The van der Waals surface area contributed by atoms with Gasteiger partial charge in [-0.2, -0.15) is 0 Å². The largest absolute Gasteiger partial charge is 0.464 e. The number of carbonyl (C=O) groups excluding carboxylic acids is 1. The van der Waals surface area contributed by atoms with Gasteiger partial charge in [-0.3, -0.25) is 4.79 Å². The van der Waals surface area contributed by atoms with Crippen molar-refractivity contribution in [2.24, 2.45) is 0 Å². The lowest BCUT2D eigenvalue weighted by atomic mass is 10.0. The molecule has 0 radical (unpaired) electrons. The van der Waals surface area contributed by atoms with Crippen LogP contribution < -0.4 is 5.32 Å². The molecule has 0 unspecified atom stereocenters. The standard InChI is InChI=1S/C18H16BrNO2/c1-11-7-12(2)18-13(10-22-16(18)8-11)9-17(21)20-15-5-3-14(19)4-6-15/h3-8,10H,9H2,1-2H3,(H,20,21). The van der Waals surface area contributed by atoms with Crippen LogP contribution in [0.4, 0.5) is 5.69 Å². The van der Waals surface area contributed by atoms with Crippen molar-refractivity contribution in [2.75, 3.05) is 5.32 Å². The molecule has 1 N–H and O–H groups in total. The molecule has 4 heteroatoms. The molecule has 0 atom stereocenters. The van der Waals surface area contributed by atoms with E-state index >= 15 is 0 Å². The number of anilines is 1. The third-order valence-electron chi connectivity index (χ3n) is 3.57. The predicted molar refractivity (Wildman–Crippen MR) is 92.2 cm³/mol. The number of amides is 1. The molecule has 0 aliphatic rings. The molecule has 3 nitrogen and oxygen atoms in total. The number of nitrogens with one attached hydrogen (secondary N) is 1. The van der Waals surface area contributed by atoms with E-state index in [1.807, 2.05) is 44.2 Å². The molecule has 22 heavy (non-hydrogen) atoms. The van der Waals surface area contributed by atoms with Gasteiger partial charge in [-0.25, -0.2) is 0 Å². The number of fused-ring (bicyclic) bond motifs is 1. The summed E-state index contributed by atoms with van der Waals surface area (Å²) in [6, 6.07) is 11.6. The number of benzene rings is 2. The van der Waals surface area contributed by atoms with Crippen molar-refractivity contribution in [3.63, 3.8) is 0 Å². The average molecular weight is 358 g/mol. The van der Waals surface area contributed by atoms with Gasteiger partial charge in [-0.1, -0.05) is 22.0 Å². The number of carbonyl (C=O) groups is 1. The Labute approximate surface area is 137 Å². The summed E-state index contributed by atoms with van der Waals surface area (Å²) in [6.07, 6.45) is 1.98. The van der Waals surface area contributed by atoms with Crippen molar-refractivity contribution in [2.45, 2.75) is 20.3 Å². The van der Waals surface area contributed by atoms with E-state index in [1.54, 1.807) is 6.26 Å². The fourth-order valence-corrected chi connectivity index (χ4v) is 2.93. The molecule has 3 rings (SSSR count). The van der Waals surface area contributed by atoms with Crippen LogP contribution in [0.2, 0.25) is 0 Å². The number of hydrogen-bond acceptors (Lipinski definition) is 2. The van der Waals surface area contributed by atoms with Gasteiger partial charge in [0.2, 0.25) is 5.91 Å². The SMILES string of the molecule is Cc1cc(C)c2c(CC(=O)Nc3ccc(Br)cc3)coc2c1. The molecular weight excluding hydrogens is 342 g/mol. The smallest absolute Gasteiger partial charge is 0.228 e. The second kappa shape index (κ2) is 5.97. The highest BCUT2D eigenvalue weighted by Crippen LogP contribution is 2.27. The van der Waals surface area contributed by atoms with Gasteiger partial charge in [0.15, 0.2) is 0 Å². The van der Waals surface area contributed by atoms with Crippen LogP contribution in [0.25, 0.3) is 11.0 Å². The molecule has 0 saturated heterocycles. The summed E-state index contributed by atoms with van der Waals surface area (Å²) >= 11 is 3.38. The average Bonchev–Trinajstić information content (AvgIpc) is 2.84. The van der Waals surface area contributed by atoms with Gasteiger partial charge in [0.05, 0.1) is 12.7 Å². The van der Waals surface area contributed by atoms with Crippen LogP contribution in [-0.2, 0) is 11.2 Å². The van der Waals surface area contributed by atoms with Gasteiger partial charge in [0.25, 0.3) is 0 Å². The molecule has 1 amide bonds. The maximum Gasteiger partial charge on any atom is 0.228 e. The van der Waals surface area contributed by atoms with Gasteiger partial charge < -0.3 is 9.73 Å². The van der Waals surface area contributed by atoms with Gasteiger partial charge in [0.1, 0.15) is 5.58 Å². The van der Waals surface area contributed by atoms with Crippen molar-refractivity contribution in [3.8, 4) is 0 Å². The molecule has 0 fully saturated rings. The monoisotopic (exact) mass is 357 g/mol. The number of furan rings is 1. The van der Waals surface area contributed by atoms with E-state index in [2.05, 4.69) is 27.3 Å². The minimum atomic E-state index is -0.0509. The number of hydrogen-bond donors (Lipinski definition) is 1. The van der Waals surface area contributed by atoms with Gasteiger partial charge in [-0.05, 0) is 55.3 Å². The van der Waals surface area contributed by atoms with Gasteiger partial charge >= 0.3 is 0 Å². The van der Waals surface area contributed by atoms with E-state index in [1.165, 1.54) is 0 Å². The first-order chi connectivity index (χ1) is 10.5. The highest BCUT2D eigenvalue weighted by atomic mass is 79.9. The lowest BCUT2D eigenvalue weighted by Gasteiger charge is -2.05. The summed E-state index contributed by atoms with van der Waals surface area (Å²) in [4.78, 5) is 12.2. The minimum absolute atomic E-state index is 0.0509. The van der Waals surface area contributed by atoms with E-state index in [0.29, 0.717) is 6.42 Å². The molecule has 1 heterocycles. The van der Waals surface area contributed by atoms with Gasteiger partial charge in [-0.15, -0.1) is 0 Å². The van der Waals surface area contributed by atoms with E-state index in [-0.39, 0.29) is 5.91 Å². The Kier molecular flexibility index (Phi) is 4.03. The highest BCUT2D eigenvalue weighted by molar-refractivity contribution is 9.10. The Morgan fingerprint density at radius 2 is 1.91 bits per heavy atom. The molecule has 112 valence electrons. The first kappa shape index (κ1) is 14.9. The molecule has 0 bridgehead atoms. The maximum absolute atomic E-state index is 12.2. The third kappa shape index (κ3) is 3.07. The second-order valence-corrected chi connectivity index (χ2v) is 6.36. The summed E-state index contributed by atoms with van der Waals surface area (Å²) in [5.74, 6) is -0.0509. The van der Waals surface area contributed by atoms with Crippen LogP contribution in [0.15, 0.2) is 51.6 Å². The molecular formula is C18H16BrNO2. The fourth-order valence-electron chi connectivity index (χ4n) is 2.67. The summed E-state index contributed by atoms with van der Waals surface area (Å²) < 4.78 is 6.57. The van der Waals surface area contributed by atoms with Crippen LogP contribution >= 0.6 is 15.9 Å². The maximum atomic E-state index is 12.2. The molecule has 0 aliphatic carbocycles. The van der Waals surface area contributed by atoms with Crippen LogP contribution in [0, 0.1) is 13.8 Å². The fraction of sp³-hybridized carbons (Fsp3) is 0.167. The summed E-state index contributed by atoms with van der Waals surface area (Å²) in [5.41, 5.74) is 4.83. The van der Waals surface area contributed by atoms with Crippen molar-refractivity contribution < 1.29 is 9.21 Å². The normalized spacial score (nSPS) is 10.9. The zero-order valence-corrected chi connectivity index (χ0v) is 14.0. The zero-order chi connectivity index (χ0) is 15.7. The first-order valence-corrected chi connectivity index (χ1v) is 7.85. The summed E-state index contributed by atoms with van der Waals surface area (Å²) in [5, 5.41) is 3.94. The van der Waals surface area contributed by atoms with E-state index in [0.717, 1.165) is 37.8 Å². The first-order valence-electron chi connectivity index (χ1n) is 7.05. The molecule has 0 spiro atoms. The van der Waals surface area contributed by atoms with Crippen LogP contribution in [0.5, 0.6) is 0 Å². The molecule has 0 saturated carbocycles. The van der Waals surface area contributed by atoms with Crippen LogP contribution in [0.3, 0.4) is 0 Å². The second-order valence-electron chi connectivity index (χ2n) is 5.45. The van der Waals surface area contributed by atoms with E-state index in [9.17, 15) is 4.79 Å². The Bertz CT molecular complexity index is 834. The van der Waals surface area contributed by atoms with Crippen LogP contribution in [0.1, 0.15) is 16.7 Å². The van der Waals surface area contributed by atoms with Crippen molar-refractivity contribution in [1.29, 1.82) is 0 Å². The molecule has 1 aromatic heterocycles. The summed E-state index contributed by atoms with van der Waals surface area (Å²) in [6.45, 7) is 4.08. The molecule has 3 aromatic rings. The van der Waals surface area contributed by atoms with Crippen LogP contribution in [-0.4, -0.2) is 5.91 Å². The zero-order valence-electron chi connectivity index (χ0n) is 12.4. The predicted octanol–water partition coefficient (Wildman–Crippen LogP) is 4.99. The summed E-state index contributed by atoms with van der Waals surface area (Å²) in [7, 11) is 0. The lowest BCUT2D eigenvalue weighted by Crippen LogP contribution is -2.14. The quantitative estimate of drug-likeness (QED) is 0.716. The molecule has 0 aliphatic heterocycles. The highest BCUT2D eigenvalue weighted by Gasteiger charge is 2.13. The topological polar surface area (TPSA) is 42.2 Å².